The molecule has 2 rings (SSSR count). The molecule has 17 heavy (non-hydrogen) atoms. The lowest BCUT2D eigenvalue weighted by atomic mass is 9.88. The second kappa shape index (κ2) is 4.79. The number of piperidine rings is 1. The summed E-state index contributed by atoms with van der Waals surface area (Å²) in [7, 11) is 0. The van der Waals surface area contributed by atoms with E-state index in [0.29, 0.717) is 18.8 Å². The first-order valence-electron chi connectivity index (χ1n) is 5.87. The Morgan fingerprint density at radius 1 is 1.47 bits per heavy atom. The van der Waals surface area contributed by atoms with Crippen LogP contribution >= 0.6 is 0 Å². The van der Waals surface area contributed by atoms with Crippen molar-refractivity contribution in [1.82, 2.24) is 14.9 Å². The molecular formula is C12H17N3O2. The molecule has 1 N–H and O–H groups in total. The summed E-state index contributed by atoms with van der Waals surface area (Å²) in [5, 5.41) is 9.36. The van der Waals surface area contributed by atoms with Crippen LogP contribution in [0.5, 0.6) is 0 Å². The molecule has 0 amide bonds. The molecule has 2 heterocycles. The first-order chi connectivity index (χ1) is 8.13. The number of hydrogen-bond acceptors (Lipinski definition) is 4. The van der Waals surface area contributed by atoms with Crippen LogP contribution in [0.3, 0.4) is 0 Å². The fraction of sp³-hybridized carbons (Fsp3) is 0.583. The van der Waals surface area contributed by atoms with E-state index in [4.69, 9.17) is 0 Å². The lowest BCUT2D eigenvalue weighted by molar-refractivity contribution is -0.153. The van der Waals surface area contributed by atoms with Crippen LogP contribution in [0.15, 0.2) is 18.5 Å². The number of aliphatic carboxylic acids is 1. The monoisotopic (exact) mass is 235 g/mol. The molecule has 0 spiro atoms. The highest BCUT2D eigenvalue weighted by Crippen LogP contribution is 2.29. The molecule has 1 aliphatic heterocycles. The Bertz CT molecular complexity index is 396. The minimum absolute atomic E-state index is 0.504. The number of nitrogens with zero attached hydrogens (tertiary/aromatic N) is 3. The van der Waals surface area contributed by atoms with Gasteiger partial charge >= 0.3 is 5.97 Å². The smallest absolute Gasteiger partial charge is 0.323 e. The molecule has 0 radical (unpaired) electrons. The molecule has 1 unspecified atom stereocenters. The summed E-state index contributed by atoms with van der Waals surface area (Å²) in [4.78, 5) is 21.7. The Hall–Kier alpha value is -1.49. The fourth-order valence-electron chi connectivity index (χ4n) is 2.25. The molecule has 5 nitrogen and oxygen atoms in total. The van der Waals surface area contributed by atoms with Crippen molar-refractivity contribution in [2.75, 3.05) is 6.54 Å². The fourth-order valence-corrected chi connectivity index (χ4v) is 2.25. The maximum absolute atomic E-state index is 11.4. The molecule has 0 aromatic carbocycles. The SMILES string of the molecule is CC1(C(=O)O)CCCCN1Cc1ncccn1. The molecular weight excluding hydrogens is 218 g/mol. The van der Waals surface area contributed by atoms with Gasteiger partial charge in [-0.05, 0) is 38.8 Å². The lowest BCUT2D eigenvalue weighted by Gasteiger charge is -2.41. The number of carboxylic acids is 1. The number of hydrogen-bond donors (Lipinski definition) is 1. The van der Waals surface area contributed by atoms with Crippen molar-refractivity contribution in [3.8, 4) is 0 Å². The first kappa shape index (κ1) is 12.0. The molecule has 92 valence electrons. The zero-order valence-corrected chi connectivity index (χ0v) is 9.96. The van der Waals surface area contributed by atoms with Crippen molar-refractivity contribution >= 4 is 5.97 Å². The van der Waals surface area contributed by atoms with Gasteiger partial charge in [0.25, 0.3) is 0 Å². The van der Waals surface area contributed by atoms with Gasteiger partial charge in [0, 0.05) is 12.4 Å². The summed E-state index contributed by atoms with van der Waals surface area (Å²) in [6.45, 7) is 3.09. The highest BCUT2D eigenvalue weighted by atomic mass is 16.4. The van der Waals surface area contributed by atoms with Crippen molar-refractivity contribution in [2.45, 2.75) is 38.3 Å². The third-order valence-electron chi connectivity index (χ3n) is 3.45. The van der Waals surface area contributed by atoms with Crippen LogP contribution in [0, 0.1) is 0 Å². The first-order valence-corrected chi connectivity index (χ1v) is 5.87. The van der Waals surface area contributed by atoms with Gasteiger partial charge in [-0.2, -0.15) is 0 Å². The van der Waals surface area contributed by atoms with Gasteiger partial charge in [0.1, 0.15) is 11.4 Å². The lowest BCUT2D eigenvalue weighted by Crippen LogP contribution is -2.54. The summed E-state index contributed by atoms with van der Waals surface area (Å²) in [5.41, 5.74) is -0.780. The van der Waals surface area contributed by atoms with Gasteiger partial charge in [0.05, 0.1) is 6.54 Å². The second-order valence-corrected chi connectivity index (χ2v) is 4.62. The summed E-state index contributed by atoms with van der Waals surface area (Å²) >= 11 is 0. The molecule has 0 saturated carbocycles. The number of carboxylic acid groups (broad SMARTS) is 1. The van der Waals surface area contributed by atoms with Crippen LogP contribution in [0.4, 0.5) is 0 Å². The van der Waals surface area contributed by atoms with Gasteiger partial charge in [0.2, 0.25) is 0 Å². The quantitative estimate of drug-likeness (QED) is 0.855. The third-order valence-corrected chi connectivity index (χ3v) is 3.45. The van der Waals surface area contributed by atoms with E-state index in [1.807, 2.05) is 4.90 Å². The van der Waals surface area contributed by atoms with E-state index in [9.17, 15) is 9.90 Å². The van der Waals surface area contributed by atoms with Crippen LogP contribution in [0.1, 0.15) is 32.0 Å². The number of aromatic nitrogens is 2. The van der Waals surface area contributed by atoms with E-state index < -0.39 is 11.5 Å². The average Bonchev–Trinajstić information content (AvgIpc) is 2.33. The maximum Gasteiger partial charge on any atom is 0.323 e. The highest BCUT2D eigenvalue weighted by Gasteiger charge is 2.41. The number of likely N-dealkylation sites (tertiary alicyclic amines) is 1. The normalized spacial score (nSPS) is 25.7. The highest BCUT2D eigenvalue weighted by molar-refractivity contribution is 5.78. The molecule has 5 heteroatoms. The molecule has 0 bridgehead atoms. The predicted octanol–water partition coefficient (Wildman–Crippen LogP) is 1.31. The Labute approximate surface area is 100 Å². The van der Waals surface area contributed by atoms with Gasteiger partial charge in [0.15, 0.2) is 0 Å². The van der Waals surface area contributed by atoms with E-state index in [1.165, 1.54) is 0 Å². The standard InChI is InChI=1S/C12H17N3O2/c1-12(11(16)17)5-2-3-8-15(12)9-10-13-6-4-7-14-10/h4,6-7H,2-3,5,8-9H2,1H3,(H,16,17). The Morgan fingerprint density at radius 2 is 2.18 bits per heavy atom. The third kappa shape index (κ3) is 2.44. The van der Waals surface area contributed by atoms with Crippen molar-refractivity contribution in [3.05, 3.63) is 24.3 Å². The molecule has 1 aromatic heterocycles. The van der Waals surface area contributed by atoms with Crippen LogP contribution in [0.2, 0.25) is 0 Å². The zero-order valence-electron chi connectivity index (χ0n) is 9.96. The predicted molar refractivity (Wildman–Crippen MR) is 62.3 cm³/mol. The summed E-state index contributed by atoms with van der Waals surface area (Å²) in [6, 6.07) is 1.76. The largest absolute Gasteiger partial charge is 0.480 e. The van der Waals surface area contributed by atoms with E-state index in [2.05, 4.69) is 9.97 Å². The Balaban J connectivity index is 2.15. The van der Waals surface area contributed by atoms with Crippen molar-refractivity contribution in [2.24, 2.45) is 0 Å². The Morgan fingerprint density at radius 3 is 2.82 bits per heavy atom. The van der Waals surface area contributed by atoms with Crippen LogP contribution < -0.4 is 0 Å². The van der Waals surface area contributed by atoms with Crippen molar-refractivity contribution in [1.29, 1.82) is 0 Å². The van der Waals surface area contributed by atoms with Crippen LogP contribution in [0.25, 0.3) is 0 Å². The van der Waals surface area contributed by atoms with E-state index in [1.54, 1.807) is 25.4 Å². The number of rotatable bonds is 3. The zero-order chi connectivity index (χ0) is 12.3. The van der Waals surface area contributed by atoms with Gasteiger partial charge in [-0.3, -0.25) is 9.69 Å². The van der Waals surface area contributed by atoms with Crippen molar-refractivity contribution < 1.29 is 9.90 Å². The molecule has 1 aromatic rings. The van der Waals surface area contributed by atoms with Crippen LogP contribution in [-0.4, -0.2) is 38.0 Å². The second-order valence-electron chi connectivity index (χ2n) is 4.62. The van der Waals surface area contributed by atoms with Gasteiger partial charge in [-0.1, -0.05) is 0 Å². The summed E-state index contributed by atoms with van der Waals surface area (Å²) in [5.74, 6) is -0.0741. The van der Waals surface area contributed by atoms with Gasteiger partial charge in [-0.25, -0.2) is 9.97 Å². The molecule has 1 aliphatic rings. The van der Waals surface area contributed by atoms with Gasteiger partial charge in [-0.15, -0.1) is 0 Å². The van der Waals surface area contributed by atoms with Crippen molar-refractivity contribution in [3.63, 3.8) is 0 Å². The Kier molecular flexibility index (Phi) is 3.38. The van der Waals surface area contributed by atoms with Gasteiger partial charge < -0.3 is 5.11 Å². The summed E-state index contributed by atoms with van der Waals surface area (Å²) < 4.78 is 0. The minimum Gasteiger partial charge on any atom is -0.480 e. The topological polar surface area (TPSA) is 66.3 Å². The molecule has 0 aliphatic carbocycles. The number of carbonyl (C=O) groups is 1. The average molecular weight is 235 g/mol. The molecule has 1 saturated heterocycles. The van der Waals surface area contributed by atoms with Crippen LogP contribution in [-0.2, 0) is 11.3 Å². The van der Waals surface area contributed by atoms with E-state index >= 15 is 0 Å². The molecule has 1 atom stereocenters. The maximum atomic E-state index is 11.4. The summed E-state index contributed by atoms with van der Waals surface area (Å²) in [6.07, 6.45) is 6.06. The molecule has 1 fully saturated rings. The van der Waals surface area contributed by atoms with E-state index in [-0.39, 0.29) is 0 Å². The minimum atomic E-state index is -0.780. The van der Waals surface area contributed by atoms with E-state index in [0.717, 1.165) is 19.4 Å².